The molecular weight excluding hydrogens is 593 g/mol. The molecule has 0 saturated carbocycles. The zero-order valence-electron chi connectivity index (χ0n) is 24.9. The average Bonchev–Trinajstić information content (AvgIpc) is 3.40. The largest absolute Gasteiger partial charge is 0.389 e. The highest BCUT2D eigenvalue weighted by Gasteiger charge is 2.29. The Hall–Kier alpha value is -3.93. The molecule has 1 aliphatic rings. The van der Waals surface area contributed by atoms with Crippen molar-refractivity contribution in [2.24, 2.45) is 0 Å². The first-order valence-electron chi connectivity index (χ1n) is 14.7. The monoisotopic (exact) mass is 628 g/mol. The smallest absolute Gasteiger partial charge is 0.337 e. The van der Waals surface area contributed by atoms with Gasteiger partial charge in [0.25, 0.3) is 10.0 Å². The number of imidazole rings is 1. The van der Waals surface area contributed by atoms with Crippen molar-refractivity contribution in [1.29, 1.82) is 0 Å². The number of alkyl halides is 3. The van der Waals surface area contributed by atoms with Crippen LogP contribution in [0.1, 0.15) is 83.4 Å². The quantitative estimate of drug-likeness (QED) is 0.184. The molecule has 0 aliphatic heterocycles. The van der Waals surface area contributed by atoms with E-state index in [0.29, 0.717) is 52.9 Å². The Morgan fingerprint density at radius 1 is 1.02 bits per heavy atom. The van der Waals surface area contributed by atoms with Gasteiger partial charge in [-0.15, -0.1) is 0 Å². The summed E-state index contributed by atoms with van der Waals surface area (Å²) >= 11 is 0. The highest BCUT2D eigenvalue weighted by Crippen LogP contribution is 2.35. The molecular formula is C32H35F3N4O4S. The number of rotatable bonds is 10. The molecule has 5 rings (SSSR count). The van der Waals surface area contributed by atoms with Crippen LogP contribution in [0.5, 0.6) is 0 Å². The summed E-state index contributed by atoms with van der Waals surface area (Å²) in [5.74, 6) is 0.793. The molecule has 0 unspecified atom stereocenters. The Balaban J connectivity index is 1.58. The van der Waals surface area contributed by atoms with Gasteiger partial charge in [0.05, 0.1) is 16.3 Å². The zero-order chi connectivity index (χ0) is 31.6. The maximum absolute atomic E-state index is 13.5. The van der Waals surface area contributed by atoms with Gasteiger partial charge in [-0.25, -0.2) is 18.1 Å². The normalized spacial score (nSPS) is 14.0. The summed E-state index contributed by atoms with van der Waals surface area (Å²) in [5, 5.41) is 3.79. The van der Waals surface area contributed by atoms with Gasteiger partial charge in [0.2, 0.25) is 5.88 Å². The van der Waals surface area contributed by atoms with Crippen LogP contribution in [0.3, 0.4) is 0 Å². The topological polar surface area (TPSA) is 107 Å². The molecule has 12 heteroatoms. The number of fused-ring (bicyclic) bond motifs is 1. The van der Waals surface area contributed by atoms with E-state index in [-0.39, 0.29) is 35.1 Å². The number of carbonyl (C=O) groups is 1. The molecule has 4 aromatic rings. The predicted octanol–water partition coefficient (Wildman–Crippen LogP) is 7.36. The Morgan fingerprint density at radius 2 is 1.77 bits per heavy atom. The van der Waals surface area contributed by atoms with Gasteiger partial charge in [-0.1, -0.05) is 48.5 Å². The lowest BCUT2D eigenvalue weighted by molar-refractivity contribution is -0.133. The van der Waals surface area contributed by atoms with Crippen molar-refractivity contribution in [2.75, 3.05) is 4.72 Å². The van der Waals surface area contributed by atoms with Crippen molar-refractivity contribution in [3.05, 3.63) is 82.1 Å². The van der Waals surface area contributed by atoms with Gasteiger partial charge < -0.3 is 9.09 Å². The number of hydrogen-bond donors (Lipinski definition) is 1. The van der Waals surface area contributed by atoms with Gasteiger partial charge in [-0.2, -0.15) is 13.2 Å². The summed E-state index contributed by atoms with van der Waals surface area (Å²) in [6.45, 7) is 5.65. The molecule has 0 amide bonds. The third kappa shape index (κ3) is 6.74. The number of anilines is 1. The van der Waals surface area contributed by atoms with Crippen molar-refractivity contribution >= 4 is 21.7 Å². The van der Waals surface area contributed by atoms with E-state index in [1.165, 1.54) is 6.07 Å². The van der Waals surface area contributed by atoms with Crippen LogP contribution in [0.2, 0.25) is 0 Å². The molecule has 0 bridgehead atoms. The molecule has 1 N–H and O–H groups in total. The van der Waals surface area contributed by atoms with E-state index in [0.717, 1.165) is 30.8 Å². The fraction of sp³-hybridized carbons (Fsp3) is 0.406. The number of hydrogen-bond acceptors (Lipinski definition) is 6. The van der Waals surface area contributed by atoms with Crippen molar-refractivity contribution in [1.82, 2.24) is 14.7 Å². The fourth-order valence-corrected chi connectivity index (χ4v) is 6.88. The van der Waals surface area contributed by atoms with Crippen LogP contribution in [-0.2, 0) is 35.8 Å². The number of sulfonamides is 1. The number of benzene rings is 2. The second kappa shape index (κ2) is 12.6. The number of aromatic nitrogens is 3. The second-order valence-corrected chi connectivity index (χ2v) is 12.9. The van der Waals surface area contributed by atoms with Gasteiger partial charge in [-0.3, -0.25) is 4.79 Å². The van der Waals surface area contributed by atoms with E-state index in [1.54, 1.807) is 50.2 Å². The summed E-state index contributed by atoms with van der Waals surface area (Å²) in [5.41, 5.74) is 4.12. The molecule has 0 fully saturated rings. The number of ketones is 1. The summed E-state index contributed by atoms with van der Waals surface area (Å²) in [4.78, 5) is 17.8. The lowest BCUT2D eigenvalue weighted by Gasteiger charge is -2.18. The number of aryl methyl sites for hydroxylation is 4. The first-order chi connectivity index (χ1) is 20.9. The van der Waals surface area contributed by atoms with Gasteiger partial charge in [-0.05, 0) is 68.7 Å². The van der Waals surface area contributed by atoms with E-state index < -0.39 is 22.6 Å². The maximum Gasteiger partial charge on any atom is 0.389 e. The van der Waals surface area contributed by atoms with Gasteiger partial charge in [0, 0.05) is 36.9 Å². The first kappa shape index (κ1) is 31.5. The van der Waals surface area contributed by atoms with Crippen LogP contribution in [0, 0.1) is 13.8 Å². The van der Waals surface area contributed by atoms with Crippen LogP contribution >= 0.6 is 0 Å². The molecule has 8 nitrogen and oxygen atoms in total. The summed E-state index contributed by atoms with van der Waals surface area (Å²) in [7, 11) is -4.20. The van der Waals surface area contributed by atoms with E-state index in [2.05, 4.69) is 9.88 Å². The van der Waals surface area contributed by atoms with Gasteiger partial charge in [0.1, 0.15) is 11.5 Å². The Kier molecular flexibility index (Phi) is 9.01. The summed E-state index contributed by atoms with van der Waals surface area (Å²) in [6.07, 6.45) is -1.52. The number of nitrogens with zero attached hydrogens (tertiary/aromatic N) is 3. The van der Waals surface area contributed by atoms with E-state index >= 15 is 0 Å². The third-order valence-corrected chi connectivity index (χ3v) is 9.35. The predicted molar refractivity (Wildman–Crippen MR) is 160 cm³/mol. The Morgan fingerprint density at radius 3 is 2.48 bits per heavy atom. The molecule has 234 valence electrons. The van der Waals surface area contributed by atoms with Crippen LogP contribution in [-0.4, -0.2) is 35.1 Å². The molecule has 44 heavy (non-hydrogen) atoms. The number of nitrogens with one attached hydrogen (secondary N) is 1. The minimum Gasteiger partial charge on any atom is -0.337 e. The van der Waals surface area contributed by atoms with Crippen LogP contribution in [0.25, 0.3) is 11.1 Å². The average molecular weight is 629 g/mol. The number of halogens is 3. The SMILES string of the molecule is CCCc1nc2c(n1Cc1ccc(-c3ccccc3S(=O)(=O)Nc3onc(C)c3C)c(CCC(F)(F)F)c1)C(=O)CCCC2. The van der Waals surface area contributed by atoms with Crippen molar-refractivity contribution < 1.29 is 30.9 Å². The number of carbonyl (C=O) groups excluding carboxylic acids is 1. The number of Topliss-reactive ketones (excluding diaryl/α,β-unsaturated/α-hetero) is 1. The van der Waals surface area contributed by atoms with Crippen molar-refractivity contribution in [2.45, 2.75) is 89.8 Å². The summed E-state index contributed by atoms with van der Waals surface area (Å²) in [6, 6.07) is 11.3. The second-order valence-electron chi connectivity index (χ2n) is 11.2. The van der Waals surface area contributed by atoms with Crippen molar-refractivity contribution in [3.63, 3.8) is 0 Å². The van der Waals surface area contributed by atoms with Crippen LogP contribution < -0.4 is 4.72 Å². The molecule has 2 heterocycles. The molecule has 1 aliphatic carbocycles. The van der Waals surface area contributed by atoms with E-state index in [4.69, 9.17) is 9.51 Å². The molecule has 0 atom stereocenters. The van der Waals surface area contributed by atoms with E-state index in [1.807, 2.05) is 11.5 Å². The Labute approximate surface area is 254 Å². The van der Waals surface area contributed by atoms with Crippen molar-refractivity contribution in [3.8, 4) is 11.1 Å². The maximum atomic E-state index is 13.5. The molecule has 0 saturated heterocycles. The van der Waals surface area contributed by atoms with Crippen LogP contribution in [0.15, 0.2) is 51.9 Å². The van der Waals surface area contributed by atoms with E-state index in [9.17, 15) is 26.4 Å². The molecule has 0 radical (unpaired) electrons. The lowest BCUT2D eigenvalue weighted by Crippen LogP contribution is -2.15. The van der Waals surface area contributed by atoms with Crippen LogP contribution in [0.4, 0.5) is 19.1 Å². The first-order valence-corrected chi connectivity index (χ1v) is 16.2. The van der Waals surface area contributed by atoms with Gasteiger partial charge in [0.15, 0.2) is 5.78 Å². The van der Waals surface area contributed by atoms with Gasteiger partial charge >= 0.3 is 6.18 Å². The molecule has 2 aromatic carbocycles. The Bertz CT molecular complexity index is 1790. The highest BCUT2D eigenvalue weighted by atomic mass is 32.2. The fourth-order valence-electron chi connectivity index (χ4n) is 5.61. The minimum atomic E-state index is -4.41. The minimum absolute atomic E-state index is 0.0261. The molecule has 2 aromatic heterocycles. The highest BCUT2D eigenvalue weighted by molar-refractivity contribution is 7.92. The summed E-state index contributed by atoms with van der Waals surface area (Å²) < 4.78 is 77.0. The lowest BCUT2D eigenvalue weighted by atomic mass is 9.94. The molecule has 0 spiro atoms. The zero-order valence-corrected chi connectivity index (χ0v) is 25.7. The standard InChI is InChI=1S/C32H35F3N4O4S/c1-4-9-29-36-26-11-6-7-12-27(40)30(26)39(29)19-22-14-15-24(23(18-22)16-17-32(33,34)35)25-10-5-8-13-28(25)44(41,42)38-31-20(2)21(3)37-43-31/h5,8,10,13-15,18,38H,4,6-7,9,11-12,16-17,19H2,1-3H3. The third-order valence-electron chi connectivity index (χ3n) is 7.96.